The van der Waals surface area contributed by atoms with Crippen molar-refractivity contribution in [1.29, 1.82) is 0 Å². The van der Waals surface area contributed by atoms with E-state index >= 15 is 0 Å². The van der Waals surface area contributed by atoms with Gasteiger partial charge in [0.05, 0.1) is 0 Å². The van der Waals surface area contributed by atoms with Gasteiger partial charge in [0.2, 0.25) is 0 Å². The average molecular weight is 152 g/mol. The van der Waals surface area contributed by atoms with Crippen molar-refractivity contribution >= 4 is 5.78 Å². The Bertz CT molecular complexity index is 160. The van der Waals surface area contributed by atoms with Crippen LogP contribution in [-0.2, 0) is 4.79 Å². The van der Waals surface area contributed by atoms with Crippen molar-refractivity contribution in [2.45, 2.75) is 20.3 Å². The molecule has 60 valence electrons. The lowest BCUT2D eigenvalue weighted by molar-refractivity contribution is -0.116. The molecule has 11 heavy (non-hydrogen) atoms. The third kappa shape index (κ3) is 8.75. The Balaban J connectivity index is 0.000000187. The summed E-state index contributed by atoms with van der Waals surface area (Å²) in [6, 6.07) is 0. The van der Waals surface area contributed by atoms with Gasteiger partial charge in [-0.05, 0) is 6.92 Å². The summed E-state index contributed by atoms with van der Waals surface area (Å²) >= 11 is 0. The van der Waals surface area contributed by atoms with Gasteiger partial charge >= 0.3 is 0 Å². The first-order valence-corrected chi connectivity index (χ1v) is 3.46. The topological polar surface area (TPSA) is 42.9 Å². The summed E-state index contributed by atoms with van der Waals surface area (Å²) in [5, 5.41) is 0. The summed E-state index contributed by atoms with van der Waals surface area (Å²) < 4.78 is 0. The Morgan fingerprint density at radius 1 is 1.18 bits per heavy atom. The molecule has 0 aliphatic rings. The molecule has 0 saturated heterocycles. The molecule has 3 nitrogen and oxygen atoms in total. The second-order valence-corrected chi connectivity index (χ2v) is 1.95. The zero-order chi connectivity index (χ0) is 8.53. The van der Waals surface area contributed by atoms with E-state index < -0.39 is 0 Å². The number of aromatic nitrogens is 2. The van der Waals surface area contributed by atoms with Crippen LogP contribution in [0.4, 0.5) is 0 Å². The SMILES string of the molecule is CCC(C)=O.c1cnccn1. The Morgan fingerprint density at radius 2 is 1.45 bits per heavy atom. The van der Waals surface area contributed by atoms with Crippen molar-refractivity contribution in [2.75, 3.05) is 0 Å². The van der Waals surface area contributed by atoms with E-state index in [1.807, 2.05) is 6.92 Å². The molecular formula is C8H12N2O. The molecule has 0 radical (unpaired) electrons. The molecule has 3 heteroatoms. The van der Waals surface area contributed by atoms with Gasteiger partial charge in [-0.3, -0.25) is 9.97 Å². The average Bonchev–Trinajstić information content (AvgIpc) is 2.09. The maximum absolute atomic E-state index is 9.81. The van der Waals surface area contributed by atoms with Crippen molar-refractivity contribution < 1.29 is 4.79 Å². The van der Waals surface area contributed by atoms with Gasteiger partial charge in [0, 0.05) is 31.2 Å². The molecule has 0 fully saturated rings. The van der Waals surface area contributed by atoms with Crippen LogP contribution in [0.1, 0.15) is 20.3 Å². The van der Waals surface area contributed by atoms with Crippen LogP contribution in [0.25, 0.3) is 0 Å². The predicted octanol–water partition coefficient (Wildman–Crippen LogP) is 1.46. The van der Waals surface area contributed by atoms with Gasteiger partial charge in [-0.15, -0.1) is 0 Å². The molecule has 0 N–H and O–H groups in total. The van der Waals surface area contributed by atoms with E-state index in [1.165, 1.54) is 0 Å². The van der Waals surface area contributed by atoms with Crippen LogP contribution in [0.3, 0.4) is 0 Å². The van der Waals surface area contributed by atoms with E-state index in [0.29, 0.717) is 6.42 Å². The Labute approximate surface area is 66.5 Å². The molecule has 0 atom stereocenters. The quantitative estimate of drug-likeness (QED) is 0.611. The summed E-state index contributed by atoms with van der Waals surface area (Å²) in [7, 11) is 0. The van der Waals surface area contributed by atoms with E-state index in [9.17, 15) is 4.79 Å². The Hall–Kier alpha value is -1.25. The molecule has 1 aromatic heterocycles. The molecule has 0 aliphatic carbocycles. The summed E-state index contributed by atoms with van der Waals surface area (Å²) in [6.45, 7) is 3.43. The molecule has 0 amide bonds. The van der Waals surface area contributed by atoms with Crippen molar-refractivity contribution in [2.24, 2.45) is 0 Å². The van der Waals surface area contributed by atoms with Crippen LogP contribution in [-0.4, -0.2) is 15.8 Å². The number of hydrogen-bond donors (Lipinski definition) is 0. The number of nitrogens with zero attached hydrogens (tertiary/aromatic N) is 2. The second kappa shape index (κ2) is 6.86. The van der Waals surface area contributed by atoms with Crippen molar-refractivity contribution in [3.8, 4) is 0 Å². The highest BCUT2D eigenvalue weighted by Gasteiger charge is 1.76. The maximum Gasteiger partial charge on any atom is 0.129 e. The first-order valence-electron chi connectivity index (χ1n) is 3.46. The van der Waals surface area contributed by atoms with Crippen LogP contribution in [0, 0.1) is 0 Å². The van der Waals surface area contributed by atoms with E-state index in [1.54, 1.807) is 31.7 Å². The number of Topliss-reactive ketones (excluding diaryl/α,β-unsaturated/α-hetero) is 1. The van der Waals surface area contributed by atoms with Crippen LogP contribution in [0.15, 0.2) is 24.8 Å². The molecule has 0 saturated carbocycles. The molecule has 0 unspecified atom stereocenters. The number of hydrogen-bond acceptors (Lipinski definition) is 3. The van der Waals surface area contributed by atoms with Gasteiger partial charge < -0.3 is 4.79 Å². The molecule has 1 rings (SSSR count). The van der Waals surface area contributed by atoms with E-state index in [0.717, 1.165) is 0 Å². The predicted molar refractivity (Wildman–Crippen MR) is 43.0 cm³/mol. The monoisotopic (exact) mass is 152 g/mol. The minimum absolute atomic E-state index is 0.255. The van der Waals surface area contributed by atoms with Gasteiger partial charge in [0.1, 0.15) is 5.78 Å². The molecule has 1 heterocycles. The van der Waals surface area contributed by atoms with Crippen LogP contribution in [0.5, 0.6) is 0 Å². The maximum atomic E-state index is 9.81. The fourth-order valence-corrected chi connectivity index (χ4v) is 0.253. The second-order valence-electron chi connectivity index (χ2n) is 1.95. The lowest BCUT2D eigenvalue weighted by Crippen LogP contribution is -1.80. The van der Waals surface area contributed by atoms with Crippen molar-refractivity contribution in [3.63, 3.8) is 0 Å². The van der Waals surface area contributed by atoms with Gasteiger partial charge in [-0.25, -0.2) is 0 Å². The lowest BCUT2D eigenvalue weighted by atomic mass is 10.4. The molecule has 0 aliphatic heterocycles. The molecule has 0 bridgehead atoms. The normalized spacial score (nSPS) is 7.82. The minimum atomic E-state index is 0.255. The van der Waals surface area contributed by atoms with E-state index in [2.05, 4.69) is 9.97 Å². The van der Waals surface area contributed by atoms with Crippen molar-refractivity contribution in [3.05, 3.63) is 24.8 Å². The highest BCUT2D eigenvalue weighted by Crippen LogP contribution is 1.71. The largest absolute Gasteiger partial charge is 0.300 e. The summed E-state index contributed by atoms with van der Waals surface area (Å²) in [5.41, 5.74) is 0. The van der Waals surface area contributed by atoms with Crippen molar-refractivity contribution in [1.82, 2.24) is 9.97 Å². The highest BCUT2D eigenvalue weighted by molar-refractivity contribution is 5.74. The van der Waals surface area contributed by atoms with Gasteiger partial charge in [-0.2, -0.15) is 0 Å². The lowest BCUT2D eigenvalue weighted by Gasteiger charge is -1.71. The number of carbonyl (C=O) groups excluding carboxylic acids is 1. The molecule has 0 spiro atoms. The summed E-state index contributed by atoms with van der Waals surface area (Å²) in [6.07, 6.45) is 7.22. The zero-order valence-electron chi connectivity index (χ0n) is 6.82. The smallest absolute Gasteiger partial charge is 0.129 e. The third-order valence-corrected chi connectivity index (χ3v) is 0.975. The Morgan fingerprint density at radius 3 is 1.55 bits per heavy atom. The molecular weight excluding hydrogens is 140 g/mol. The van der Waals surface area contributed by atoms with E-state index in [4.69, 9.17) is 0 Å². The van der Waals surface area contributed by atoms with Gasteiger partial charge in [0.15, 0.2) is 0 Å². The first kappa shape index (κ1) is 9.75. The van der Waals surface area contributed by atoms with Crippen LogP contribution in [0.2, 0.25) is 0 Å². The molecule has 0 aromatic carbocycles. The van der Waals surface area contributed by atoms with Crippen LogP contribution >= 0.6 is 0 Å². The van der Waals surface area contributed by atoms with Gasteiger partial charge in [-0.1, -0.05) is 6.92 Å². The number of rotatable bonds is 1. The highest BCUT2D eigenvalue weighted by atomic mass is 16.1. The standard InChI is InChI=1S/C4H4N2.C4H8O/c1-2-6-4-3-5-1;1-3-4(2)5/h1-4H;3H2,1-2H3. The first-order chi connectivity index (χ1) is 5.27. The van der Waals surface area contributed by atoms with Crippen LogP contribution < -0.4 is 0 Å². The fourth-order valence-electron chi connectivity index (χ4n) is 0.253. The Kier molecular flexibility index (Phi) is 6.08. The number of ketones is 1. The summed E-state index contributed by atoms with van der Waals surface area (Å²) in [5.74, 6) is 0.255. The number of carbonyl (C=O) groups is 1. The summed E-state index contributed by atoms with van der Waals surface area (Å²) in [4.78, 5) is 17.3. The fraction of sp³-hybridized carbons (Fsp3) is 0.375. The van der Waals surface area contributed by atoms with Gasteiger partial charge in [0.25, 0.3) is 0 Å². The minimum Gasteiger partial charge on any atom is -0.300 e. The van der Waals surface area contributed by atoms with E-state index in [-0.39, 0.29) is 5.78 Å². The molecule has 1 aromatic rings. The third-order valence-electron chi connectivity index (χ3n) is 0.975. The zero-order valence-corrected chi connectivity index (χ0v) is 6.82.